The number of carbonyl (C=O) groups excluding carboxylic acids is 1. The molecule has 1 aliphatic rings. The molecule has 1 aliphatic heterocycles. The second kappa shape index (κ2) is 7.47. The molecule has 0 bridgehead atoms. The van der Waals surface area contributed by atoms with Crippen LogP contribution >= 0.6 is 0 Å². The number of carbonyl (C=O) groups is 1. The number of likely N-dealkylation sites (tertiary alicyclic amines) is 1. The Balaban J connectivity index is 1.88. The van der Waals surface area contributed by atoms with Crippen molar-refractivity contribution in [3.05, 3.63) is 53.6 Å². The number of ether oxygens (including phenoxy) is 3. The molecule has 0 radical (unpaired) electrons. The summed E-state index contributed by atoms with van der Waals surface area (Å²) >= 11 is 0. The third-order valence-corrected chi connectivity index (χ3v) is 4.62. The van der Waals surface area contributed by atoms with Crippen LogP contribution in [-0.2, 0) is 0 Å². The molecule has 2 aromatic carbocycles. The van der Waals surface area contributed by atoms with Gasteiger partial charge in [0, 0.05) is 12.1 Å². The van der Waals surface area contributed by atoms with Gasteiger partial charge in [0.1, 0.15) is 5.75 Å². The number of methoxy groups -OCH3 is 3. The zero-order valence-corrected chi connectivity index (χ0v) is 14.8. The van der Waals surface area contributed by atoms with E-state index in [1.165, 1.54) is 0 Å². The van der Waals surface area contributed by atoms with Gasteiger partial charge in [0.25, 0.3) is 5.91 Å². The van der Waals surface area contributed by atoms with Crippen LogP contribution in [0.3, 0.4) is 0 Å². The topological polar surface area (TPSA) is 48.0 Å². The van der Waals surface area contributed by atoms with E-state index in [-0.39, 0.29) is 11.9 Å². The standard InChI is InChI=1S/C20H23NO4/c1-23-16-7-4-6-15(12-16)20(22)21-11-5-8-17(21)14-9-10-18(24-2)19(13-14)25-3/h4,6-7,9-10,12-13,17H,5,8,11H2,1-3H3. The minimum atomic E-state index is 0.0242. The Morgan fingerprint density at radius 2 is 1.80 bits per heavy atom. The Hall–Kier alpha value is -2.69. The summed E-state index contributed by atoms with van der Waals surface area (Å²) in [6, 6.07) is 13.2. The van der Waals surface area contributed by atoms with Crippen LogP contribution in [0.5, 0.6) is 17.2 Å². The van der Waals surface area contributed by atoms with Crippen LogP contribution in [0.1, 0.15) is 34.8 Å². The van der Waals surface area contributed by atoms with E-state index in [0.717, 1.165) is 24.9 Å². The highest BCUT2D eigenvalue weighted by atomic mass is 16.5. The van der Waals surface area contributed by atoms with E-state index < -0.39 is 0 Å². The van der Waals surface area contributed by atoms with Gasteiger partial charge in [-0.15, -0.1) is 0 Å². The molecule has 3 rings (SSSR count). The molecule has 1 heterocycles. The van der Waals surface area contributed by atoms with Crippen LogP contribution in [0.4, 0.5) is 0 Å². The summed E-state index contributed by atoms with van der Waals surface area (Å²) in [5.41, 5.74) is 1.71. The number of amides is 1. The molecule has 132 valence electrons. The molecule has 2 aromatic rings. The van der Waals surface area contributed by atoms with Crippen LogP contribution in [-0.4, -0.2) is 38.7 Å². The highest BCUT2D eigenvalue weighted by Crippen LogP contribution is 2.37. The maximum absolute atomic E-state index is 13.0. The molecule has 0 aliphatic carbocycles. The van der Waals surface area contributed by atoms with Crippen molar-refractivity contribution in [2.75, 3.05) is 27.9 Å². The SMILES string of the molecule is COc1cccc(C(=O)N2CCCC2c2ccc(OC)c(OC)c2)c1. The lowest BCUT2D eigenvalue weighted by atomic mass is 10.0. The van der Waals surface area contributed by atoms with E-state index in [1.54, 1.807) is 27.4 Å². The first-order valence-corrected chi connectivity index (χ1v) is 8.35. The van der Waals surface area contributed by atoms with Gasteiger partial charge in [0.05, 0.1) is 27.4 Å². The molecule has 0 saturated carbocycles. The molecule has 0 spiro atoms. The van der Waals surface area contributed by atoms with Gasteiger partial charge in [-0.2, -0.15) is 0 Å². The Labute approximate surface area is 148 Å². The lowest BCUT2D eigenvalue weighted by molar-refractivity contribution is 0.0735. The largest absolute Gasteiger partial charge is 0.497 e. The van der Waals surface area contributed by atoms with Gasteiger partial charge in [0.2, 0.25) is 0 Å². The third kappa shape index (κ3) is 3.40. The van der Waals surface area contributed by atoms with Crippen LogP contribution in [0.25, 0.3) is 0 Å². The number of benzene rings is 2. The normalized spacial score (nSPS) is 16.6. The summed E-state index contributed by atoms with van der Waals surface area (Å²) in [5, 5.41) is 0. The fourth-order valence-corrected chi connectivity index (χ4v) is 3.34. The van der Waals surface area contributed by atoms with Gasteiger partial charge in [0.15, 0.2) is 11.5 Å². The average molecular weight is 341 g/mol. The fraction of sp³-hybridized carbons (Fsp3) is 0.350. The number of rotatable bonds is 5. The van der Waals surface area contributed by atoms with Crippen molar-refractivity contribution in [1.29, 1.82) is 0 Å². The van der Waals surface area contributed by atoms with E-state index >= 15 is 0 Å². The van der Waals surface area contributed by atoms with Gasteiger partial charge >= 0.3 is 0 Å². The average Bonchev–Trinajstić information content (AvgIpc) is 3.16. The third-order valence-electron chi connectivity index (χ3n) is 4.62. The highest BCUT2D eigenvalue weighted by Gasteiger charge is 2.31. The molecule has 5 nitrogen and oxygen atoms in total. The van der Waals surface area contributed by atoms with Crippen molar-refractivity contribution in [2.24, 2.45) is 0 Å². The predicted octanol–water partition coefficient (Wildman–Crippen LogP) is 3.69. The molecular weight excluding hydrogens is 318 g/mol. The van der Waals surface area contributed by atoms with Crippen molar-refractivity contribution >= 4 is 5.91 Å². The summed E-state index contributed by atoms with van der Waals surface area (Å²) in [7, 11) is 4.84. The predicted molar refractivity (Wildman–Crippen MR) is 95.6 cm³/mol. The van der Waals surface area contributed by atoms with E-state index in [0.29, 0.717) is 22.8 Å². The lowest BCUT2D eigenvalue weighted by Crippen LogP contribution is -2.30. The quantitative estimate of drug-likeness (QED) is 0.832. The van der Waals surface area contributed by atoms with Crippen molar-refractivity contribution in [1.82, 2.24) is 4.90 Å². The maximum atomic E-state index is 13.0. The molecule has 5 heteroatoms. The molecular formula is C20H23NO4. The minimum Gasteiger partial charge on any atom is -0.497 e. The Bertz CT molecular complexity index is 759. The van der Waals surface area contributed by atoms with Gasteiger partial charge < -0.3 is 19.1 Å². The summed E-state index contributed by atoms with van der Waals surface area (Å²) in [6.07, 6.45) is 1.92. The van der Waals surface area contributed by atoms with Crippen LogP contribution in [0, 0.1) is 0 Å². The summed E-state index contributed by atoms with van der Waals surface area (Å²) in [4.78, 5) is 14.9. The van der Waals surface area contributed by atoms with Crippen molar-refractivity contribution < 1.29 is 19.0 Å². The van der Waals surface area contributed by atoms with E-state index in [2.05, 4.69) is 0 Å². The minimum absolute atomic E-state index is 0.0242. The van der Waals surface area contributed by atoms with Crippen LogP contribution < -0.4 is 14.2 Å². The van der Waals surface area contributed by atoms with Gasteiger partial charge in [-0.3, -0.25) is 4.79 Å². The number of nitrogens with zero attached hydrogens (tertiary/aromatic N) is 1. The molecule has 1 saturated heterocycles. The summed E-state index contributed by atoms with van der Waals surface area (Å²) in [6.45, 7) is 0.745. The summed E-state index contributed by atoms with van der Waals surface area (Å²) in [5.74, 6) is 2.08. The molecule has 1 amide bonds. The number of hydrogen-bond donors (Lipinski definition) is 0. The molecule has 1 unspecified atom stereocenters. The van der Waals surface area contributed by atoms with Crippen molar-refractivity contribution in [3.8, 4) is 17.2 Å². The Kier molecular flexibility index (Phi) is 5.12. The van der Waals surface area contributed by atoms with Crippen LogP contribution in [0.2, 0.25) is 0 Å². The second-order valence-corrected chi connectivity index (χ2v) is 6.00. The zero-order chi connectivity index (χ0) is 17.8. The van der Waals surface area contributed by atoms with Gasteiger partial charge in [-0.25, -0.2) is 0 Å². The first-order chi connectivity index (χ1) is 12.2. The van der Waals surface area contributed by atoms with E-state index in [1.807, 2.05) is 41.3 Å². The van der Waals surface area contributed by atoms with Crippen molar-refractivity contribution in [3.63, 3.8) is 0 Å². The molecule has 0 aromatic heterocycles. The zero-order valence-electron chi connectivity index (χ0n) is 14.8. The number of hydrogen-bond acceptors (Lipinski definition) is 4. The lowest BCUT2D eigenvalue weighted by Gasteiger charge is -2.26. The molecule has 0 N–H and O–H groups in total. The first kappa shape index (κ1) is 17.1. The van der Waals surface area contributed by atoms with Gasteiger partial charge in [-0.1, -0.05) is 12.1 Å². The fourth-order valence-electron chi connectivity index (χ4n) is 3.34. The Morgan fingerprint density at radius 3 is 2.52 bits per heavy atom. The smallest absolute Gasteiger partial charge is 0.254 e. The van der Waals surface area contributed by atoms with E-state index in [9.17, 15) is 4.79 Å². The highest BCUT2D eigenvalue weighted by molar-refractivity contribution is 5.95. The van der Waals surface area contributed by atoms with Crippen LogP contribution in [0.15, 0.2) is 42.5 Å². The van der Waals surface area contributed by atoms with Gasteiger partial charge in [-0.05, 0) is 48.7 Å². The van der Waals surface area contributed by atoms with Crippen molar-refractivity contribution in [2.45, 2.75) is 18.9 Å². The first-order valence-electron chi connectivity index (χ1n) is 8.35. The second-order valence-electron chi connectivity index (χ2n) is 6.00. The molecule has 25 heavy (non-hydrogen) atoms. The molecule has 1 fully saturated rings. The van der Waals surface area contributed by atoms with E-state index in [4.69, 9.17) is 14.2 Å². The summed E-state index contributed by atoms with van der Waals surface area (Å²) < 4.78 is 15.9. The molecule has 1 atom stereocenters. The Morgan fingerprint density at radius 1 is 1.00 bits per heavy atom. The monoisotopic (exact) mass is 341 g/mol. The maximum Gasteiger partial charge on any atom is 0.254 e.